The number of nitrogens with one attached hydrogen (secondary N) is 1. The quantitative estimate of drug-likeness (QED) is 0.836. The number of para-hydroxylation sites is 2. The van der Waals surface area contributed by atoms with Gasteiger partial charge in [-0.05, 0) is 45.9 Å². The Hall–Kier alpha value is -2.12. The van der Waals surface area contributed by atoms with Gasteiger partial charge < -0.3 is 19.2 Å². The minimum atomic E-state index is -0.492. The number of hydrogen-bond acceptors (Lipinski definition) is 6. The molecule has 0 spiro atoms. The van der Waals surface area contributed by atoms with Gasteiger partial charge in [-0.2, -0.15) is 0 Å². The largest absolute Gasteiger partial charge is 0.444 e. The minimum Gasteiger partial charge on any atom is -0.444 e. The first-order valence-corrected chi connectivity index (χ1v) is 9.54. The number of hydrogen-bond donors (Lipinski definition) is 1. The number of fused-ring (bicyclic) bond motifs is 1. The first-order valence-electron chi connectivity index (χ1n) is 9.54. The fourth-order valence-electron chi connectivity index (χ4n) is 3.10. The Labute approximate surface area is 160 Å². The predicted octanol–water partition coefficient (Wildman–Crippen LogP) is 2.99. The molecule has 1 aromatic heterocycles. The van der Waals surface area contributed by atoms with Crippen molar-refractivity contribution < 1.29 is 18.7 Å². The van der Waals surface area contributed by atoms with Gasteiger partial charge in [0.05, 0.1) is 12.7 Å². The third kappa shape index (κ3) is 6.22. The molecule has 1 aromatic carbocycles. The van der Waals surface area contributed by atoms with Crippen LogP contribution in [-0.4, -0.2) is 60.5 Å². The summed E-state index contributed by atoms with van der Waals surface area (Å²) in [7, 11) is 0. The summed E-state index contributed by atoms with van der Waals surface area (Å²) in [5.74, 6) is 0.785. The van der Waals surface area contributed by atoms with Crippen molar-refractivity contribution in [3.05, 3.63) is 30.2 Å². The number of ether oxygens (including phenoxy) is 2. The van der Waals surface area contributed by atoms with E-state index in [1.54, 1.807) is 0 Å². The fourth-order valence-corrected chi connectivity index (χ4v) is 3.10. The van der Waals surface area contributed by atoms with Crippen LogP contribution in [0.15, 0.2) is 28.7 Å². The van der Waals surface area contributed by atoms with Gasteiger partial charge in [0.25, 0.3) is 0 Å². The number of alkyl carbamates (subject to hydrolysis) is 1. The SMILES string of the molecule is CC(C)(C)OC(=O)NC[C@H]1CN(CCCc2nc3ccccc3o2)CCO1. The maximum absolute atomic E-state index is 11.8. The van der Waals surface area contributed by atoms with Crippen LogP contribution < -0.4 is 5.32 Å². The molecule has 0 bridgehead atoms. The molecule has 2 heterocycles. The molecule has 1 fully saturated rings. The number of amides is 1. The molecule has 0 radical (unpaired) electrons. The van der Waals surface area contributed by atoms with Gasteiger partial charge in [0.15, 0.2) is 11.5 Å². The zero-order chi connectivity index (χ0) is 19.3. The highest BCUT2D eigenvalue weighted by Gasteiger charge is 2.22. The molecule has 27 heavy (non-hydrogen) atoms. The standard InChI is InChI=1S/C20H29N3O4/c1-20(2,3)27-19(24)21-13-15-14-23(11-12-25-15)10-6-9-18-22-16-7-4-5-8-17(16)26-18/h4-5,7-8,15H,6,9-14H2,1-3H3,(H,21,24)/t15-/m0/s1. The molecule has 1 saturated heterocycles. The third-order valence-corrected chi connectivity index (χ3v) is 4.30. The van der Waals surface area contributed by atoms with E-state index in [-0.39, 0.29) is 6.10 Å². The average molecular weight is 375 g/mol. The molecule has 0 aliphatic carbocycles. The highest BCUT2D eigenvalue weighted by Crippen LogP contribution is 2.16. The van der Waals surface area contributed by atoms with E-state index in [0.29, 0.717) is 13.2 Å². The molecule has 2 aromatic rings. The maximum Gasteiger partial charge on any atom is 0.407 e. The predicted molar refractivity (Wildman–Crippen MR) is 103 cm³/mol. The summed E-state index contributed by atoms with van der Waals surface area (Å²) < 4.78 is 16.8. The maximum atomic E-state index is 11.8. The van der Waals surface area contributed by atoms with Gasteiger partial charge in [0, 0.05) is 26.1 Å². The summed E-state index contributed by atoms with van der Waals surface area (Å²) in [4.78, 5) is 18.6. The van der Waals surface area contributed by atoms with Gasteiger partial charge in [0.2, 0.25) is 0 Å². The minimum absolute atomic E-state index is 0.0180. The van der Waals surface area contributed by atoms with Crippen molar-refractivity contribution >= 4 is 17.2 Å². The van der Waals surface area contributed by atoms with E-state index < -0.39 is 11.7 Å². The van der Waals surface area contributed by atoms with Crippen LogP contribution in [0.1, 0.15) is 33.1 Å². The number of morpholine rings is 1. The van der Waals surface area contributed by atoms with E-state index in [1.807, 2.05) is 45.0 Å². The van der Waals surface area contributed by atoms with Crippen LogP contribution in [0.4, 0.5) is 4.79 Å². The number of aryl methyl sites for hydroxylation is 1. The summed E-state index contributed by atoms with van der Waals surface area (Å²) >= 11 is 0. The summed E-state index contributed by atoms with van der Waals surface area (Å²) in [5.41, 5.74) is 1.26. The monoisotopic (exact) mass is 375 g/mol. The molecule has 7 nitrogen and oxygen atoms in total. The van der Waals surface area contributed by atoms with E-state index in [1.165, 1.54) is 0 Å². The molecule has 1 amide bonds. The molecule has 1 aliphatic heterocycles. The van der Waals surface area contributed by atoms with Gasteiger partial charge in [-0.3, -0.25) is 4.90 Å². The zero-order valence-corrected chi connectivity index (χ0v) is 16.4. The van der Waals surface area contributed by atoms with Crippen molar-refractivity contribution in [2.24, 2.45) is 0 Å². The van der Waals surface area contributed by atoms with E-state index in [2.05, 4.69) is 15.2 Å². The van der Waals surface area contributed by atoms with Crippen molar-refractivity contribution in [2.45, 2.75) is 45.3 Å². The number of carbonyl (C=O) groups excluding carboxylic acids is 1. The van der Waals surface area contributed by atoms with Gasteiger partial charge >= 0.3 is 6.09 Å². The number of carbonyl (C=O) groups is 1. The number of oxazole rings is 1. The fraction of sp³-hybridized carbons (Fsp3) is 0.600. The Bertz CT molecular complexity index is 720. The molecule has 0 saturated carbocycles. The second-order valence-electron chi connectivity index (χ2n) is 7.86. The topological polar surface area (TPSA) is 76.8 Å². The zero-order valence-electron chi connectivity index (χ0n) is 16.4. The van der Waals surface area contributed by atoms with E-state index in [0.717, 1.165) is 49.5 Å². The molecular weight excluding hydrogens is 346 g/mol. The Morgan fingerprint density at radius 3 is 2.96 bits per heavy atom. The van der Waals surface area contributed by atoms with E-state index in [4.69, 9.17) is 13.9 Å². The highest BCUT2D eigenvalue weighted by atomic mass is 16.6. The van der Waals surface area contributed by atoms with Crippen LogP contribution in [0.5, 0.6) is 0 Å². The summed E-state index contributed by atoms with van der Waals surface area (Å²) in [6, 6.07) is 7.83. The molecule has 0 unspecified atom stereocenters. The van der Waals surface area contributed by atoms with Crippen molar-refractivity contribution in [1.82, 2.24) is 15.2 Å². The van der Waals surface area contributed by atoms with Crippen LogP contribution >= 0.6 is 0 Å². The van der Waals surface area contributed by atoms with E-state index in [9.17, 15) is 4.79 Å². The lowest BCUT2D eigenvalue weighted by atomic mass is 10.2. The average Bonchev–Trinajstić information content (AvgIpc) is 3.02. The molecule has 1 atom stereocenters. The van der Waals surface area contributed by atoms with Crippen molar-refractivity contribution in [1.29, 1.82) is 0 Å². The van der Waals surface area contributed by atoms with Gasteiger partial charge in [-0.1, -0.05) is 12.1 Å². The lowest BCUT2D eigenvalue weighted by molar-refractivity contribution is -0.0288. The van der Waals surface area contributed by atoms with Crippen LogP contribution in [0.25, 0.3) is 11.1 Å². The number of rotatable bonds is 6. The van der Waals surface area contributed by atoms with Gasteiger partial charge in [-0.15, -0.1) is 0 Å². The van der Waals surface area contributed by atoms with Crippen LogP contribution in [0.2, 0.25) is 0 Å². The molecule has 148 valence electrons. The second kappa shape index (κ2) is 8.71. The number of aromatic nitrogens is 1. The lowest BCUT2D eigenvalue weighted by Gasteiger charge is -2.33. The highest BCUT2D eigenvalue weighted by molar-refractivity contribution is 5.72. The second-order valence-corrected chi connectivity index (χ2v) is 7.86. The van der Waals surface area contributed by atoms with Crippen molar-refractivity contribution in [2.75, 3.05) is 32.8 Å². The number of nitrogens with zero attached hydrogens (tertiary/aromatic N) is 2. The Balaban J connectivity index is 1.38. The van der Waals surface area contributed by atoms with Crippen LogP contribution in [0, 0.1) is 0 Å². The molecule has 1 aliphatic rings. The third-order valence-electron chi connectivity index (χ3n) is 4.30. The first-order chi connectivity index (χ1) is 12.9. The molecule has 1 N–H and O–H groups in total. The summed E-state index contributed by atoms with van der Waals surface area (Å²) in [6.07, 6.45) is 1.36. The smallest absolute Gasteiger partial charge is 0.407 e. The first kappa shape index (κ1) is 19.6. The van der Waals surface area contributed by atoms with Crippen LogP contribution in [-0.2, 0) is 15.9 Å². The van der Waals surface area contributed by atoms with E-state index >= 15 is 0 Å². The van der Waals surface area contributed by atoms with Gasteiger partial charge in [-0.25, -0.2) is 9.78 Å². The Morgan fingerprint density at radius 2 is 2.19 bits per heavy atom. The lowest BCUT2D eigenvalue weighted by Crippen LogP contribution is -2.48. The van der Waals surface area contributed by atoms with Crippen molar-refractivity contribution in [3.8, 4) is 0 Å². The molecule has 3 rings (SSSR count). The van der Waals surface area contributed by atoms with Crippen LogP contribution in [0.3, 0.4) is 0 Å². The Kier molecular flexibility index (Phi) is 6.34. The van der Waals surface area contributed by atoms with Crippen molar-refractivity contribution in [3.63, 3.8) is 0 Å². The normalized spacial score (nSPS) is 18.6. The molecule has 7 heteroatoms. The summed E-state index contributed by atoms with van der Waals surface area (Å²) in [5, 5.41) is 2.79. The molecular formula is C20H29N3O4. The van der Waals surface area contributed by atoms with Gasteiger partial charge in [0.1, 0.15) is 11.1 Å². The summed E-state index contributed by atoms with van der Waals surface area (Å²) in [6.45, 7) is 9.32. The Morgan fingerprint density at radius 1 is 1.37 bits per heavy atom. The number of benzene rings is 1.